The van der Waals surface area contributed by atoms with Crippen LogP contribution >= 0.6 is 8.19 Å². The molecular formula is C15H26BCl4PTi-6. The Morgan fingerprint density at radius 1 is 1.00 bits per heavy atom. The van der Waals surface area contributed by atoms with Crippen molar-refractivity contribution in [3.05, 3.63) is 77.1 Å². The molecule has 1 unspecified atom stereocenters. The van der Waals surface area contributed by atoms with Crippen LogP contribution in [-0.4, -0.2) is 6.71 Å². The largest absolute Gasteiger partial charge is 4.00 e. The average molecular weight is 438 g/mol. The minimum absolute atomic E-state index is 0. The maximum atomic E-state index is 3.26. The van der Waals surface area contributed by atoms with Gasteiger partial charge in [0.05, 0.1) is 0 Å². The SMILES string of the molecule is CB(C)C1=[C-]CC=C1.[CH3-].[CH3-].[CH3-].[CH3-].[Cl-].[Cl-].[Cl-].[Cl-].[Ti+4].[c-]1ccc[pH]1. The Morgan fingerprint density at radius 3 is 1.64 bits per heavy atom. The molecule has 22 heavy (non-hydrogen) atoms. The Hall–Kier alpha value is 1.20. The fraction of sp³-hybridized carbons (Fsp3) is 0.200. The Morgan fingerprint density at radius 2 is 1.50 bits per heavy atom. The van der Waals surface area contributed by atoms with Crippen molar-refractivity contribution in [2.75, 3.05) is 0 Å². The molecule has 0 aliphatic heterocycles. The quantitative estimate of drug-likeness (QED) is 0.303. The summed E-state index contributed by atoms with van der Waals surface area (Å²) in [6, 6.07) is 3.96. The smallest absolute Gasteiger partial charge is 1.00 e. The van der Waals surface area contributed by atoms with E-state index in [9.17, 15) is 0 Å². The standard InChI is InChI=1S/C7H10B.C4H4P.4CH3.4ClH.Ti/c1-8(2)7-5-3-4-6-7;1-2-4-5-3-1;;;;;;;;;/h3,5H,4H2,1-2H3;1-3,5H;4*1H3;4*1H;/q6*-1;;;;;+4/p-4. The molecule has 1 heterocycles. The van der Waals surface area contributed by atoms with Crippen LogP contribution in [0.2, 0.25) is 13.6 Å². The average Bonchev–Trinajstić information content (AvgIpc) is 2.82. The van der Waals surface area contributed by atoms with E-state index >= 15 is 0 Å². The van der Waals surface area contributed by atoms with E-state index in [1.807, 2.05) is 12.1 Å². The van der Waals surface area contributed by atoms with E-state index in [1.165, 1.54) is 5.47 Å². The maximum absolute atomic E-state index is 3.26. The molecule has 1 atom stereocenters. The van der Waals surface area contributed by atoms with E-state index in [4.69, 9.17) is 0 Å². The fourth-order valence-electron chi connectivity index (χ4n) is 1.06. The summed E-state index contributed by atoms with van der Waals surface area (Å²) < 4.78 is 0. The van der Waals surface area contributed by atoms with Crippen LogP contribution in [0.1, 0.15) is 6.42 Å². The van der Waals surface area contributed by atoms with E-state index in [2.05, 4.69) is 43.5 Å². The number of rotatable bonds is 1. The molecule has 1 aromatic heterocycles. The zero-order chi connectivity index (χ0) is 9.52. The molecular weight excluding hydrogens is 412 g/mol. The zero-order valence-electron chi connectivity index (χ0n) is 14.2. The van der Waals surface area contributed by atoms with Gasteiger partial charge < -0.3 is 79.3 Å². The van der Waals surface area contributed by atoms with E-state index in [1.54, 1.807) is 0 Å². The number of halogens is 4. The molecule has 0 radical (unpaired) electrons. The third-order valence-corrected chi connectivity index (χ3v) is 2.48. The van der Waals surface area contributed by atoms with Crippen LogP contribution < -0.4 is 49.6 Å². The van der Waals surface area contributed by atoms with Crippen molar-refractivity contribution in [2.24, 2.45) is 0 Å². The summed E-state index contributed by atoms with van der Waals surface area (Å²) in [7, 11) is 0.823. The van der Waals surface area contributed by atoms with Gasteiger partial charge in [-0.1, -0.05) is 13.6 Å². The van der Waals surface area contributed by atoms with Crippen molar-refractivity contribution in [1.29, 1.82) is 0 Å². The second-order valence-electron chi connectivity index (χ2n) is 3.21. The van der Waals surface area contributed by atoms with Crippen molar-refractivity contribution in [1.82, 2.24) is 0 Å². The zero-order valence-corrected chi connectivity index (χ0v) is 19.8. The predicted molar refractivity (Wildman–Crippen MR) is 88.4 cm³/mol. The summed E-state index contributed by atoms with van der Waals surface area (Å²) in [4.78, 5) is 0. The molecule has 0 N–H and O–H groups in total. The summed E-state index contributed by atoms with van der Waals surface area (Å²) in [5, 5.41) is 0. The van der Waals surface area contributed by atoms with Crippen LogP contribution in [0, 0.1) is 41.6 Å². The van der Waals surface area contributed by atoms with Gasteiger partial charge in [0.1, 0.15) is 6.71 Å². The molecule has 0 saturated heterocycles. The molecule has 1 aliphatic carbocycles. The van der Waals surface area contributed by atoms with Gasteiger partial charge in [-0.15, -0.1) is 6.42 Å². The number of hydrogen-bond donors (Lipinski definition) is 0. The predicted octanol–water partition coefficient (Wildman–Crippen LogP) is -6.70. The summed E-state index contributed by atoms with van der Waals surface area (Å²) in [5.74, 6) is 5.11. The molecule has 0 amide bonds. The van der Waals surface area contributed by atoms with Crippen molar-refractivity contribution in [3.8, 4) is 0 Å². The van der Waals surface area contributed by atoms with Gasteiger partial charge in [-0.25, -0.2) is 12.1 Å². The first-order chi connectivity index (χ1) is 6.30. The van der Waals surface area contributed by atoms with E-state index in [0.29, 0.717) is 6.71 Å². The monoisotopic (exact) mass is 436 g/mol. The summed E-state index contributed by atoms with van der Waals surface area (Å²) in [6.07, 6.45) is 8.59. The van der Waals surface area contributed by atoms with Gasteiger partial charge in [0.25, 0.3) is 0 Å². The molecule has 0 aromatic carbocycles. The summed E-state index contributed by atoms with van der Waals surface area (Å²) in [6.45, 7) is 5.05. The first-order valence-corrected chi connectivity index (χ1v) is 5.65. The molecule has 0 nitrogen and oxygen atoms in total. The van der Waals surface area contributed by atoms with Gasteiger partial charge in [-0.3, -0.25) is 19.7 Å². The molecule has 1 aromatic rings. The maximum Gasteiger partial charge on any atom is 4.00 e. The Kier molecular flexibility index (Phi) is 98.0. The van der Waals surface area contributed by atoms with Crippen LogP contribution in [0.15, 0.2) is 35.6 Å². The molecule has 0 spiro atoms. The normalized spacial score (nSPS) is 8.18. The third kappa shape index (κ3) is 29.2. The van der Waals surface area contributed by atoms with Gasteiger partial charge in [-0.05, 0) is 0 Å². The van der Waals surface area contributed by atoms with Gasteiger partial charge in [0.15, 0.2) is 0 Å². The van der Waals surface area contributed by atoms with Crippen LogP contribution in [0.5, 0.6) is 0 Å². The second kappa shape index (κ2) is 38.0. The number of allylic oxidation sites excluding steroid dienone is 4. The Bertz CT molecular complexity index is 275. The van der Waals surface area contributed by atoms with Crippen LogP contribution in [-0.2, 0) is 21.7 Å². The van der Waals surface area contributed by atoms with Gasteiger partial charge in [0, 0.05) is 0 Å². The van der Waals surface area contributed by atoms with Crippen molar-refractivity contribution < 1.29 is 71.3 Å². The first-order valence-electron chi connectivity index (χ1n) is 4.57. The second-order valence-corrected chi connectivity index (χ2v) is 4.12. The molecule has 0 fully saturated rings. The minimum atomic E-state index is 0. The molecule has 0 saturated carbocycles. The van der Waals surface area contributed by atoms with Crippen LogP contribution in [0.3, 0.4) is 0 Å². The Labute approximate surface area is 182 Å². The Balaban J connectivity index is -0.0000000161. The van der Waals surface area contributed by atoms with Crippen LogP contribution in [0.4, 0.5) is 0 Å². The minimum Gasteiger partial charge on any atom is -1.00 e. The molecule has 132 valence electrons. The van der Waals surface area contributed by atoms with Crippen molar-refractivity contribution in [2.45, 2.75) is 20.1 Å². The van der Waals surface area contributed by atoms with Crippen molar-refractivity contribution >= 4 is 14.9 Å². The summed E-state index contributed by atoms with van der Waals surface area (Å²) in [5.41, 5.74) is 1.37. The molecule has 0 bridgehead atoms. The topological polar surface area (TPSA) is 0 Å². The molecule has 2 rings (SSSR count). The van der Waals surface area contributed by atoms with Crippen LogP contribution in [0.25, 0.3) is 0 Å². The fourth-order valence-corrected chi connectivity index (χ4v) is 1.54. The first kappa shape index (κ1) is 56.7. The summed E-state index contributed by atoms with van der Waals surface area (Å²) >= 11 is 0. The number of hydrogen-bond acceptors (Lipinski definition) is 0. The third-order valence-electron chi connectivity index (χ3n) is 1.79. The molecule has 7 heteroatoms. The van der Waals surface area contributed by atoms with E-state index < -0.39 is 0 Å². The van der Waals surface area contributed by atoms with Gasteiger partial charge >= 0.3 is 21.7 Å². The van der Waals surface area contributed by atoms with E-state index in [0.717, 1.165) is 14.6 Å². The van der Waals surface area contributed by atoms with E-state index in [-0.39, 0.29) is 101 Å². The molecule has 1 aliphatic rings. The van der Waals surface area contributed by atoms with Gasteiger partial charge in [-0.2, -0.15) is 23.7 Å². The van der Waals surface area contributed by atoms with Crippen molar-refractivity contribution in [3.63, 3.8) is 0 Å². The van der Waals surface area contributed by atoms with Gasteiger partial charge in [0.2, 0.25) is 0 Å².